The SMILES string of the molecule is Cc1nc(-n2nnc3ccccc32)ncc1CCl. The van der Waals surface area contributed by atoms with Gasteiger partial charge in [0.05, 0.1) is 11.4 Å². The van der Waals surface area contributed by atoms with Crippen LogP contribution in [0.2, 0.25) is 0 Å². The minimum absolute atomic E-state index is 0.407. The highest BCUT2D eigenvalue weighted by atomic mass is 35.5. The van der Waals surface area contributed by atoms with Crippen molar-refractivity contribution in [3.8, 4) is 5.95 Å². The highest BCUT2D eigenvalue weighted by molar-refractivity contribution is 6.17. The van der Waals surface area contributed by atoms with Crippen LogP contribution in [-0.4, -0.2) is 25.0 Å². The van der Waals surface area contributed by atoms with Crippen molar-refractivity contribution >= 4 is 22.6 Å². The molecule has 3 rings (SSSR count). The van der Waals surface area contributed by atoms with E-state index in [1.54, 1.807) is 10.9 Å². The summed E-state index contributed by atoms with van der Waals surface area (Å²) in [5, 5.41) is 8.15. The number of hydrogen-bond acceptors (Lipinski definition) is 4. The van der Waals surface area contributed by atoms with E-state index in [1.807, 2.05) is 31.2 Å². The van der Waals surface area contributed by atoms with E-state index in [9.17, 15) is 0 Å². The van der Waals surface area contributed by atoms with Gasteiger partial charge in [0, 0.05) is 17.5 Å². The maximum Gasteiger partial charge on any atom is 0.252 e. The van der Waals surface area contributed by atoms with Gasteiger partial charge in [-0.1, -0.05) is 17.3 Å². The molecule has 0 unspecified atom stereocenters. The average molecular weight is 260 g/mol. The molecule has 0 bridgehead atoms. The molecule has 0 radical (unpaired) electrons. The van der Waals surface area contributed by atoms with Crippen LogP contribution < -0.4 is 0 Å². The predicted molar refractivity (Wildman–Crippen MR) is 68.7 cm³/mol. The first-order chi connectivity index (χ1) is 8.79. The molecule has 2 aromatic heterocycles. The van der Waals surface area contributed by atoms with Gasteiger partial charge < -0.3 is 0 Å². The lowest BCUT2D eigenvalue weighted by Gasteiger charge is -2.04. The zero-order valence-corrected chi connectivity index (χ0v) is 10.5. The number of fused-ring (bicyclic) bond motifs is 1. The number of rotatable bonds is 2. The first-order valence-electron chi connectivity index (χ1n) is 5.49. The standard InChI is InChI=1S/C12H10ClN5/c1-8-9(6-13)7-14-12(15-8)18-11-5-3-2-4-10(11)16-17-18/h2-5,7H,6H2,1H3. The average Bonchev–Trinajstić information content (AvgIpc) is 2.82. The quantitative estimate of drug-likeness (QED) is 0.663. The highest BCUT2D eigenvalue weighted by Crippen LogP contribution is 2.14. The number of hydrogen-bond donors (Lipinski definition) is 0. The fourth-order valence-electron chi connectivity index (χ4n) is 1.73. The van der Waals surface area contributed by atoms with Crippen LogP contribution in [0.5, 0.6) is 0 Å². The van der Waals surface area contributed by atoms with Crippen molar-refractivity contribution in [3.05, 3.63) is 41.7 Å². The summed E-state index contributed by atoms with van der Waals surface area (Å²) in [6, 6.07) is 7.69. The minimum Gasteiger partial charge on any atom is -0.219 e. The van der Waals surface area contributed by atoms with E-state index in [1.165, 1.54) is 0 Å². The summed E-state index contributed by atoms with van der Waals surface area (Å²) in [4.78, 5) is 8.67. The molecule has 0 aliphatic heterocycles. The summed E-state index contributed by atoms with van der Waals surface area (Å²) in [6.45, 7) is 1.90. The molecule has 3 aromatic rings. The van der Waals surface area contributed by atoms with Crippen LogP contribution >= 0.6 is 11.6 Å². The normalized spacial score (nSPS) is 11.0. The Hall–Kier alpha value is -2.01. The van der Waals surface area contributed by atoms with Crippen LogP contribution in [0.15, 0.2) is 30.5 Å². The minimum atomic E-state index is 0.407. The summed E-state index contributed by atoms with van der Waals surface area (Å²) >= 11 is 5.79. The fraction of sp³-hybridized carbons (Fsp3) is 0.167. The van der Waals surface area contributed by atoms with E-state index in [0.29, 0.717) is 11.8 Å². The van der Waals surface area contributed by atoms with E-state index in [-0.39, 0.29) is 0 Å². The van der Waals surface area contributed by atoms with Gasteiger partial charge in [0.15, 0.2) is 0 Å². The molecule has 0 fully saturated rings. The number of aryl methyl sites for hydroxylation is 1. The number of nitrogens with zero attached hydrogens (tertiary/aromatic N) is 5. The summed E-state index contributed by atoms with van der Waals surface area (Å²) in [5.74, 6) is 0.916. The van der Waals surface area contributed by atoms with Gasteiger partial charge in [-0.25, -0.2) is 9.97 Å². The predicted octanol–water partition coefficient (Wildman–Crippen LogP) is 2.26. The zero-order valence-electron chi connectivity index (χ0n) is 9.71. The molecule has 6 heteroatoms. The lowest BCUT2D eigenvalue weighted by Crippen LogP contribution is -2.05. The zero-order chi connectivity index (χ0) is 12.5. The van der Waals surface area contributed by atoms with Gasteiger partial charge in [-0.15, -0.1) is 16.7 Å². The number of halogens is 1. The van der Waals surface area contributed by atoms with Gasteiger partial charge in [0.25, 0.3) is 5.95 Å². The van der Waals surface area contributed by atoms with Crippen molar-refractivity contribution in [2.24, 2.45) is 0 Å². The smallest absolute Gasteiger partial charge is 0.219 e. The third kappa shape index (κ3) is 1.73. The van der Waals surface area contributed by atoms with E-state index in [2.05, 4.69) is 20.3 Å². The monoisotopic (exact) mass is 259 g/mol. The maximum atomic E-state index is 5.79. The van der Waals surface area contributed by atoms with Crippen molar-refractivity contribution in [2.75, 3.05) is 0 Å². The lowest BCUT2D eigenvalue weighted by molar-refractivity contribution is 0.766. The van der Waals surface area contributed by atoms with Crippen LogP contribution in [0.3, 0.4) is 0 Å². The molecular weight excluding hydrogens is 250 g/mol. The van der Waals surface area contributed by atoms with Crippen molar-refractivity contribution < 1.29 is 0 Å². The highest BCUT2D eigenvalue weighted by Gasteiger charge is 2.09. The maximum absolute atomic E-state index is 5.79. The summed E-state index contributed by atoms with van der Waals surface area (Å²) < 4.78 is 1.63. The molecule has 1 aromatic carbocycles. The summed E-state index contributed by atoms with van der Waals surface area (Å²) in [5.41, 5.74) is 3.48. The molecule has 0 spiro atoms. The molecule has 90 valence electrons. The first-order valence-corrected chi connectivity index (χ1v) is 6.02. The molecular formula is C12H10ClN5. The lowest BCUT2D eigenvalue weighted by atomic mass is 10.3. The molecule has 0 saturated carbocycles. The van der Waals surface area contributed by atoms with E-state index >= 15 is 0 Å². The second kappa shape index (κ2) is 4.34. The van der Waals surface area contributed by atoms with E-state index in [0.717, 1.165) is 22.3 Å². The molecule has 0 aliphatic carbocycles. The van der Waals surface area contributed by atoms with Crippen molar-refractivity contribution in [2.45, 2.75) is 12.8 Å². The Labute approximate surface area is 108 Å². The third-order valence-corrected chi connectivity index (χ3v) is 3.04. The van der Waals surface area contributed by atoms with Crippen LogP contribution in [-0.2, 0) is 5.88 Å². The van der Waals surface area contributed by atoms with E-state index in [4.69, 9.17) is 11.6 Å². The van der Waals surface area contributed by atoms with Crippen molar-refractivity contribution in [1.82, 2.24) is 25.0 Å². The Bertz CT molecular complexity index is 707. The number of para-hydroxylation sites is 1. The van der Waals surface area contributed by atoms with Crippen molar-refractivity contribution in [1.29, 1.82) is 0 Å². The molecule has 0 aliphatic rings. The fourth-order valence-corrected chi connectivity index (χ4v) is 1.99. The van der Waals surface area contributed by atoms with Gasteiger partial charge in [-0.2, -0.15) is 4.68 Å². The summed E-state index contributed by atoms with van der Waals surface area (Å²) in [7, 11) is 0. The number of benzene rings is 1. The second-order valence-corrected chi connectivity index (χ2v) is 4.17. The molecule has 5 nitrogen and oxygen atoms in total. The number of aromatic nitrogens is 5. The van der Waals surface area contributed by atoms with Crippen LogP contribution in [0.1, 0.15) is 11.3 Å². The Morgan fingerprint density at radius 1 is 1.28 bits per heavy atom. The molecule has 0 N–H and O–H groups in total. The number of alkyl halides is 1. The molecule has 18 heavy (non-hydrogen) atoms. The Balaban J connectivity index is 2.17. The third-order valence-electron chi connectivity index (χ3n) is 2.75. The van der Waals surface area contributed by atoms with Crippen LogP contribution in [0.25, 0.3) is 17.0 Å². The Morgan fingerprint density at radius 2 is 2.11 bits per heavy atom. The second-order valence-electron chi connectivity index (χ2n) is 3.90. The Morgan fingerprint density at radius 3 is 2.89 bits per heavy atom. The van der Waals surface area contributed by atoms with Crippen molar-refractivity contribution in [3.63, 3.8) is 0 Å². The van der Waals surface area contributed by atoms with Gasteiger partial charge >= 0.3 is 0 Å². The molecule has 2 heterocycles. The molecule has 0 saturated heterocycles. The van der Waals surface area contributed by atoms with Crippen LogP contribution in [0, 0.1) is 6.92 Å². The summed E-state index contributed by atoms with van der Waals surface area (Å²) in [6.07, 6.45) is 1.72. The molecule has 0 amide bonds. The van der Waals surface area contributed by atoms with E-state index < -0.39 is 0 Å². The van der Waals surface area contributed by atoms with Gasteiger partial charge in [-0.3, -0.25) is 0 Å². The largest absolute Gasteiger partial charge is 0.252 e. The van der Waals surface area contributed by atoms with Crippen LogP contribution in [0.4, 0.5) is 0 Å². The topological polar surface area (TPSA) is 56.5 Å². The van der Waals surface area contributed by atoms with Gasteiger partial charge in [0.1, 0.15) is 5.52 Å². The first kappa shape index (κ1) is 11.1. The Kier molecular flexibility index (Phi) is 2.68. The van der Waals surface area contributed by atoms with Gasteiger partial charge in [0.2, 0.25) is 0 Å². The molecule has 0 atom stereocenters. The van der Waals surface area contributed by atoms with Gasteiger partial charge in [-0.05, 0) is 19.1 Å².